The fourth-order valence-corrected chi connectivity index (χ4v) is 3.69. The van der Waals surface area contributed by atoms with Crippen molar-refractivity contribution in [2.24, 2.45) is 0 Å². The molecule has 4 nitrogen and oxygen atoms in total. The maximum absolute atomic E-state index is 11.7. The first-order valence-electron chi connectivity index (χ1n) is 4.57. The molecule has 86 valence electrons. The number of hydrogen-bond donors (Lipinski definition) is 0. The summed E-state index contributed by atoms with van der Waals surface area (Å²) in [6, 6.07) is 6.79. The average molecular weight is 258 g/mol. The molecule has 0 bridgehead atoms. The van der Waals surface area contributed by atoms with Crippen LogP contribution in [0.1, 0.15) is 11.5 Å². The lowest BCUT2D eigenvalue weighted by Crippen LogP contribution is -1.98. The van der Waals surface area contributed by atoms with Gasteiger partial charge < -0.3 is 8.83 Å². The van der Waals surface area contributed by atoms with E-state index in [0.717, 1.165) is 10.8 Å². The lowest BCUT2D eigenvalue weighted by Gasteiger charge is -1.99. The Balaban J connectivity index is 1.93. The molecule has 0 saturated carbocycles. The van der Waals surface area contributed by atoms with Crippen molar-refractivity contribution in [2.45, 2.75) is 11.5 Å². The molecule has 6 heteroatoms. The number of rotatable bonds is 5. The van der Waals surface area contributed by atoms with E-state index in [4.69, 9.17) is 8.83 Å². The molecular formula is C10H10O4S2. The van der Waals surface area contributed by atoms with Crippen LogP contribution in [0, 0.1) is 0 Å². The second kappa shape index (κ2) is 4.80. The van der Waals surface area contributed by atoms with Gasteiger partial charge in [-0.2, -0.15) is 0 Å². The van der Waals surface area contributed by atoms with Crippen LogP contribution in [0.4, 0.5) is 0 Å². The van der Waals surface area contributed by atoms with Gasteiger partial charge in [0, 0.05) is 0 Å². The summed E-state index contributed by atoms with van der Waals surface area (Å²) in [5, 5.41) is 0. The van der Waals surface area contributed by atoms with E-state index in [-0.39, 0.29) is 5.75 Å². The molecule has 16 heavy (non-hydrogen) atoms. The topological polar surface area (TPSA) is 60.4 Å². The third kappa shape index (κ3) is 3.18. The van der Waals surface area contributed by atoms with Crippen LogP contribution in [0.25, 0.3) is 0 Å². The molecule has 0 N–H and O–H groups in total. The number of hydrogen-bond acceptors (Lipinski definition) is 5. The normalized spacial score (nSPS) is 11.8. The van der Waals surface area contributed by atoms with Crippen molar-refractivity contribution in [3.8, 4) is 0 Å². The van der Waals surface area contributed by atoms with E-state index in [0.29, 0.717) is 17.3 Å². The fraction of sp³-hybridized carbons (Fsp3) is 0.200. The molecule has 2 rings (SSSR count). The summed E-state index contributed by atoms with van der Waals surface area (Å²) < 4.78 is 33.4. The van der Waals surface area contributed by atoms with Gasteiger partial charge in [0.25, 0.3) is 0 Å². The lowest BCUT2D eigenvalue weighted by atomic mass is 10.5. The van der Waals surface area contributed by atoms with Crippen molar-refractivity contribution >= 4 is 19.7 Å². The van der Waals surface area contributed by atoms with E-state index in [1.165, 1.54) is 12.5 Å². The largest absolute Gasteiger partial charge is 0.468 e. The quantitative estimate of drug-likeness (QED) is 0.771. The van der Waals surface area contributed by atoms with E-state index in [2.05, 4.69) is 0 Å². The zero-order chi connectivity index (χ0) is 11.4. The summed E-state index contributed by atoms with van der Waals surface area (Å²) in [7, 11) is -2.36. The summed E-state index contributed by atoms with van der Waals surface area (Å²) in [6.07, 6.45) is 2.98. The summed E-state index contributed by atoms with van der Waals surface area (Å²) in [5.74, 6) is 1.32. The molecule has 0 radical (unpaired) electrons. The highest BCUT2D eigenvalue weighted by Gasteiger charge is 2.15. The molecule has 0 aromatic carbocycles. The maximum Gasteiger partial charge on any atom is 0.209 e. The van der Waals surface area contributed by atoms with Crippen molar-refractivity contribution in [1.29, 1.82) is 0 Å². The van der Waals surface area contributed by atoms with E-state index in [1.54, 1.807) is 24.3 Å². The molecule has 0 amide bonds. The minimum atomic E-state index is -3.22. The molecule has 0 aliphatic carbocycles. The lowest BCUT2D eigenvalue weighted by molar-refractivity contribution is 0.522. The molecule has 0 spiro atoms. The monoisotopic (exact) mass is 258 g/mol. The van der Waals surface area contributed by atoms with Crippen LogP contribution in [0.5, 0.6) is 0 Å². The summed E-state index contributed by atoms with van der Waals surface area (Å²) in [6.45, 7) is 0. The predicted molar refractivity (Wildman–Crippen MR) is 61.3 cm³/mol. The van der Waals surface area contributed by atoms with E-state index in [1.807, 2.05) is 0 Å². The zero-order valence-electron chi connectivity index (χ0n) is 8.33. The van der Waals surface area contributed by atoms with Crippen LogP contribution in [0.3, 0.4) is 0 Å². The molecule has 0 aliphatic heterocycles. The second-order valence-electron chi connectivity index (χ2n) is 3.12. The molecule has 2 aromatic heterocycles. The minimum Gasteiger partial charge on any atom is -0.468 e. The molecule has 0 saturated heterocycles. The predicted octanol–water partition coefficient (Wildman–Crippen LogP) is 2.64. The van der Waals surface area contributed by atoms with Gasteiger partial charge in [-0.15, -0.1) is 0 Å². The van der Waals surface area contributed by atoms with E-state index < -0.39 is 8.87 Å². The van der Waals surface area contributed by atoms with Crippen molar-refractivity contribution in [1.82, 2.24) is 0 Å². The highest BCUT2D eigenvalue weighted by atomic mass is 33.1. The standard InChI is InChI=1S/C10H10O4S2/c11-16(12,8-10-4-2-6-14-10)15-7-9-3-1-5-13-9/h1-6H,7-8H2. The van der Waals surface area contributed by atoms with Gasteiger partial charge >= 0.3 is 0 Å². The first-order chi connectivity index (χ1) is 7.66. The van der Waals surface area contributed by atoms with Gasteiger partial charge in [0.1, 0.15) is 17.3 Å². The van der Waals surface area contributed by atoms with Crippen LogP contribution < -0.4 is 0 Å². The van der Waals surface area contributed by atoms with Gasteiger partial charge in [-0.3, -0.25) is 0 Å². The average Bonchev–Trinajstić information content (AvgIpc) is 2.85. The second-order valence-corrected chi connectivity index (χ2v) is 7.28. The van der Waals surface area contributed by atoms with Crippen molar-refractivity contribution in [3.63, 3.8) is 0 Å². The van der Waals surface area contributed by atoms with E-state index in [9.17, 15) is 8.42 Å². The Hall–Kier alpha value is -1.14. The summed E-state index contributed by atoms with van der Waals surface area (Å²) in [5.41, 5.74) is 0. The molecule has 0 fully saturated rings. The Morgan fingerprint density at radius 3 is 2.25 bits per heavy atom. The first-order valence-corrected chi connectivity index (χ1v) is 7.73. The van der Waals surface area contributed by atoms with E-state index >= 15 is 0 Å². The van der Waals surface area contributed by atoms with Gasteiger partial charge in [0.05, 0.1) is 18.3 Å². The number of furan rings is 2. The minimum absolute atomic E-state index is 0.0919. The van der Waals surface area contributed by atoms with Gasteiger partial charge in [-0.25, -0.2) is 8.42 Å². The molecule has 0 unspecified atom stereocenters. The third-order valence-electron chi connectivity index (χ3n) is 1.86. The Morgan fingerprint density at radius 2 is 1.69 bits per heavy atom. The summed E-state index contributed by atoms with van der Waals surface area (Å²) in [4.78, 5) is 0. The SMILES string of the molecule is O=S(=O)(Cc1ccco1)SCc1ccco1. The first kappa shape index (κ1) is 11.3. The summed E-state index contributed by atoms with van der Waals surface area (Å²) >= 11 is 0. The maximum atomic E-state index is 11.7. The molecule has 0 aliphatic rings. The molecule has 2 aromatic rings. The van der Waals surface area contributed by atoms with Crippen molar-refractivity contribution < 1.29 is 17.3 Å². The van der Waals surface area contributed by atoms with Crippen LogP contribution in [0.15, 0.2) is 45.6 Å². The van der Waals surface area contributed by atoms with Gasteiger partial charge in [0.2, 0.25) is 8.87 Å². The molecule has 2 heterocycles. The van der Waals surface area contributed by atoms with Crippen LogP contribution >= 0.6 is 10.8 Å². The molecular weight excluding hydrogens is 248 g/mol. The van der Waals surface area contributed by atoms with Crippen LogP contribution in [0.2, 0.25) is 0 Å². The Bertz CT molecular complexity index is 511. The Kier molecular flexibility index (Phi) is 3.40. The van der Waals surface area contributed by atoms with Gasteiger partial charge in [-0.05, 0) is 35.1 Å². The Labute approximate surface area is 97.0 Å². The van der Waals surface area contributed by atoms with Crippen molar-refractivity contribution in [2.75, 3.05) is 0 Å². The highest BCUT2D eigenvalue weighted by Crippen LogP contribution is 2.23. The third-order valence-corrected chi connectivity index (χ3v) is 5.04. The smallest absolute Gasteiger partial charge is 0.209 e. The van der Waals surface area contributed by atoms with Crippen LogP contribution in [-0.4, -0.2) is 8.42 Å². The van der Waals surface area contributed by atoms with Crippen molar-refractivity contribution in [3.05, 3.63) is 48.3 Å². The molecule has 0 atom stereocenters. The highest BCUT2D eigenvalue weighted by molar-refractivity contribution is 8.71. The van der Waals surface area contributed by atoms with Crippen LogP contribution in [-0.2, 0) is 20.4 Å². The Morgan fingerprint density at radius 1 is 1.06 bits per heavy atom. The fourth-order valence-electron chi connectivity index (χ4n) is 1.15. The van der Waals surface area contributed by atoms with Gasteiger partial charge in [0.15, 0.2) is 0 Å². The zero-order valence-corrected chi connectivity index (χ0v) is 9.96. The van der Waals surface area contributed by atoms with Gasteiger partial charge in [-0.1, -0.05) is 0 Å².